The predicted molar refractivity (Wildman–Crippen MR) is 102 cm³/mol. The first kappa shape index (κ1) is 19.5. The number of nitrogens with zero attached hydrogens (tertiary/aromatic N) is 2. The molecular formula is C22H26N2O3. The van der Waals surface area contributed by atoms with Gasteiger partial charge in [0.2, 0.25) is 0 Å². The minimum atomic E-state index is -0.968. The first-order valence-electron chi connectivity index (χ1n) is 9.20. The fourth-order valence-electron chi connectivity index (χ4n) is 3.35. The van der Waals surface area contributed by atoms with Crippen molar-refractivity contribution in [3.8, 4) is 6.07 Å². The molecule has 0 amide bonds. The van der Waals surface area contributed by atoms with E-state index in [9.17, 15) is 10.4 Å². The van der Waals surface area contributed by atoms with Crippen LogP contribution < -0.4 is 0 Å². The topological polar surface area (TPSA) is 65.7 Å². The second-order valence-corrected chi connectivity index (χ2v) is 7.31. The maximum absolute atomic E-state index is 10.9. The molecule has 3 atom stereocenters. The average molecular weight is 366 g/mol. The molecule has 0 saturated carbocycles. The van der Waals surface area contributed by atoms with Gasteiger partial charge in [-0.15, -0.1) is 0 Å². The maximum Gasteiger partial charge on any atom is 0.163 e. The van der Waals surface area contributed by atoms with Crippen LogP contribution in [-0.4, -0.2) is 40.7 Å². The minimum absolute atomic E-state index is 0.275. The summed E-state index contributed by atoms with van der Waals surface area (Å²) in [7, 11) is 0. The number of hydrogen-bond donors (Lipinski definition) is 1. The SMILES string of the molecule is CC1(C)OCC(C(O)C(C#N)N(Cc2ccccc2)Cc2ccccc2)O1. The number of aliphatic hydroxyl groups is 1. The van der Waals surface area contributed by atoms with E-state index >= 15 is 0 Å². The van der Waals surface area contributed by atoms with Gasteiger partial charge in [-0.25, -0.2) is 0 Å². The van der Waals surface area contributed by atoms with E-state index in [4.69, 9.17) is 9.47 Å². The van der Waals surface area contributed by atoms with Gasteiger partial charge < -0.3 is 14.6 Å². The van der Waals surface area contributed by atoms with Gasteiger partial charge in [-0.2, -0.15) is 5.26 Å². The van der Waals surface area contributed by atoms with Crippen LogP contribution in [0.5, 0.6) is 0 Å². The summed E-state index contributed by atoms with van der Waals surface area (Å²) in [5.41, 5.74) is 2.18. The molecule has 1 N–H and O–H groups in total. The highest BCUT2D eigenvalue weighted by Crippen LogP contribution is 2.27. The Bertz CT molecular complexity index is 717. The Morgan fingerprint density at radius 3 is 2.00 bits per heavy atom. The van der Waals surface area contributed by atoms with E-state index in [1.165, 1.54) is 0 Å². The molecule has 27 heavy (non-hydrogen) atoms. The van der Waals surface area contributed by atoms with Crippen molar-refractivity contribution in [3.63, 3.8) is 0 Å². The van der Waals surface area contributed by atoms with Crippen LogP contribution in [0.3, 0.4) is 0 Å². The molecule has 2 aromatic carbocycles. The molecule has 1 aliphatic rings. The lowest BCUT2D eigenvalue weighted by atomic mass is 10.0. The molecule has 3 rings (SSSR count). The van der Waals surface area contributed by atoms with Crippen molar-refractivity contribution in [2.75, 3.05) is 6.61 Å². The van der Waals surface area contributed by atoms with Crippen LogP contribution >= 0.6 is 0 Å². The van der Waals surface area contributed by atoms with Crippen molar-refractivity contribution in [3.05, 3.63) is 71.8 Å². The molecule has 0 spiro atoms. The van der Waals surface area contributed by atoms with E-state index in [1.54, 1.807) is 0 Å². The molecule has 1 aliphatic heterocycles. The lowest BCUT2D eigenvalue weighted by molar-refractivity contribution is -0.155. The van der Waals surface area contributed by atoms with Crippen LogP contribution in [-0.2, 0) is 22.6 Å². The summed E-state index contributed by atoms with van der Waals surface area (Å²) in [6, 6.07) is 21.5. The normalized spacial score (nSPS) is 20.9. The summed E-state index contributed by atoms with van der Waals surface area (Å²) in [5.74, 6) is -0.741. The van der Waals surface area contributed by atoms with Crippen LogP contribution in [0.15, 0.2) is 60.7 Å². The number of ether oxygens (including phenoxy) is 2. The Labute approximate surface area is 160 Å². The first-order valence-corrected chi connectivity index (χ1v) is 9.20. The van der Waals surface area contributed by atoms with Crippen LogP contribution in [0, 0.1) is 11.3 Å². The molecule has 5 nitrogen and oxygen atoms in total. The zero-order valence-corrected chi connectivity index (χ0v) is 15.8. The van der Waals surface area contributed by atoms with Gasteiger partial charge in [0.15, 0.2) is 5.79 Å². The van der Waals surface area contributed by atoms with Gasteiger partial charge in [-0.05, 0) is 25.0 Å². The van der Waals surface area contributed by atoms with E-state index in [0.29, 0.717) is 13.1 Å². The first-order chi connectivity index (χ1) is 13.0. The van der Waals surface area contributed by atoms with E-state index in [-0.39, 0.29) is 6.61 Å². The molecule has 0 aromatic heterocycles. The third-order valence-electron chi connectivity index (χ3n) is 4.72. The van der Waals surface area contributed by atoms with Gasteiger partial charge in [0.25, 0.3) is 0 Å². The Hall–Kier alpha value is -2.23. The maximum atomic E-state index is 10.9. The average Bonchev–Trinajstić information content (AvgIpc) is 3.04. The van der Waals surface area contributed by atoms with Crippen LogP contribution in [0.1, 0.15) is 25.0 Å². The quantitative estimate of drug-likeness (QED) is 0.816. The van der Waals surface area contributed by atoms with E-state index in [1.807, 2.05) is 79.4 Å². The molecule has 1 heterocycles. The second-order valence-electron chi connectivity index (χ2n) is 7.31. The van der Waals surface area contributed by atoms with E-state index in [2.05, 4.69) is 6.07 Å². The zero-order chi connectivity index (χ0) is 19.3. The molecule has 2 aromatic rings. The van der Waals surface area contributed by atoms with Crippen LogP contribution in [0.4, 0.5) is 0 Å². The highest BCUT2D eigenvalue weighted by molar-refractivity contribution is 5.18. The molecule has 3 unspecified atom stereocenters. The van der Waals surface area contributed by atoms with Gasteiger partial charge in [-0.3, -0.25) is 4.90 Å². The highest BCUT2D eigenvalue weighted by atomic mass is 16.7. The van der Waals surface area contributed by atoms with Gasteiger partial charge in [0.1, 0.15) is 18.2 Å². The molecular weight excluding hydrogens is 340 g/mol. The number of benzene rings is 2. The third-order valence-corrected chi connectivity index (χ3v) is 4.72. The number of hydrogen-bond acceptors (Lipinski definition) is 5. The van der Waals surface area contributed by atoms with Gasteiger partial charge >= 0.3 is 0 Å². The third kappa shape index (κ3) is 5.15. The van der Waals surface area contributed by atoms with E-state index < -0.39 is 24.0 Å². The molecule has 0 radical (unpaired) electrons. The Kier molecular flexibility index (Phi) is 6.25. The minimum Gasteiger partial charge on any atom is -0.388 e. The van der Waals surface area contributed by atoms with Crippen molar-refractivity contribution >= 4 is 0 Å². The second kappa shape index (κ2) is 8.64. The van der Waals surface area contributed by atoms with Gasteiger partial charge in [0.05, 0.1) is 12.7 Å². The summed E-state index contributed by atoms with van der Waals surface area (Å²) in [4.78, 5) is 1.99. The molecule has 0 bridgehead atoms. The summed E-state index contributed by atoms with van der Waals surface area (Å²) in [6.45, 7) is 5.01. The summed E-state index contributed by atoms with van der Waals surface area (Å²) < 4.78 is 11.4. The lowest BCUT2D eigenvalue weighted by Crippen LogP contribution is -2.48. The molecule has 1 saturated heterocycles. The molecule has 1 fully saturated rings. The summed E-state index contributed by atoms with van der Waals surface area (Å²) >= 11 is 0. The van der Waals surface area contributed by atoms with Gasteiger partial charge in [-0.1, -0.05) is 60.7 Å². The summed E-state index contributed by atoms with van der Waals surface area (Å²) in [5, 5.41) is 20.8. The van der Waals surface area contributed by atoms with E-state index in [0.717, 1.165) is 11.1 Å². The Balaban J connectivity index is 1.81. The monoisotopic (exact) mass is 366 g/mol. The number of nitriles is 1. The highest BCUT2D eigenvalue weighted by Gasteiger charge is 2.41. The van der Waals surface area contributed by atoms with Crippen molar-refractivity contribution in [2.24, 2.45) is 0 Å². The van der Waals surface area contributed by atoms with Crippen molar-refractivity contribution in [2.45, 2.75) is 51.0 Å². The summed E-state index contributed by atoms with van der Waals surface area (Å²) in [6.07, 6.45) is -1.50. The van der Waals surface area contributed by atoms with Crippen molar-refractivity contribution in [1.82, 2.24) is 4.90 Å². The lowest BCUT2D eigenvalue weighted by Gasteiger charge is -2.32. The molecule has 5 heteroatoms. The fraction of sp³-hybridized carbons (Fsp3) is 0.409. The Morgan fingerprint density at radius 2 is 1.59 bits per heavy atom. The molecule has 142 valence electrons. The van der Waals surface area contributed by atoms with Crippen LogP contribution in [0.25, 0.3) is 0 Å². The molecule has 0 aliphatic carbocycles. The standard InChI is InChI=1S/C22H26N2O3/c1-22(2)26-16-20(27-22)21(25)19(13-23)24(14-17-9-5-3-6-10-17)15-18-11-7-4-8-12-18/h3-12,19-21,25H,14-16H2,1-2H3. The number of aliphatic hydroxyl groups excluding tert-OH is 1. The predicted octanol–water partition coefficient (Wildman–Crippen LogP) is 3.09. The van der Waals surface area contributed by atoms with Crippen molar-refractivity contribution < 1.29 is 14.6 Å². The number of rotatable bonds is 7. The largest absolute Gasteiger partial charge is 0.388 e. The van der Waals surface area contributed by atoms with Gasteiger partial charge in [0, 0.05) is 13.1 Å². The fourth-order valence-corrected chi connectivity index (χ4v) is 3.35. The smallest absolute Gasteiger partial charge is 0.163 e. The zero-order valence-electron chi connectivity index (χ0n) is 15.8. The van der Waals surface area contributed by atoms with Crippen LogP contribution in [0.2, 0.25) is 0 Å². The Morgan fingerprint density at radius 1 is 1.07 bits per heavy atom. The van der Waals surface area contributed by atoms with Crippen molar-refractivity contribution in [1.29, 1.82) is 5.26 Å².